The minimum Gasteiger partial charge on any atom is -0.374 e. The summed E-state index contributed by atoms with van der Waals surface area (Å²) in [5.41, 5.74) is 7.60. The number of rotatable bonds is 5. The van der Waals surface area contributed by atoms with Crippen LogP contribution in [0.3, 0.4) is 0 Å². The van der Waals surface area contributed by atoms with E-state index in [1.807, 2.05) is 12.3 Å². The lowest BCUT2D eigenvalue weighted by Crippen LogP contribution is -2.51. The minimum atomic E-state index is -0.124. The number of ether oxygens (including phenoxy) is 1. The van der Waals surface area contributed by atoms with Crippen LogP contribution in [0.1, 0.15) is 51.0 Å². The number of pyridine rings is 1. The summed E-state index contributed by atoms with van der Waals surface area (Å²) in [6, 6.07) is 4.14. The summed E-state index contributed by atoms with van der Waals surface area (Å²) >= 11 is 0. The van der Waals surface area contributed by atoms with Crippen LogP contribution in [-0.2, 0) is 11.2 Å². The maximum absolute atomic E-state index is 6.52. The van der Waals surface area contributed by atoms with E-state index in [9.17, 15) is 0 Å². The summed E-state index contributed by atoms with van der Waals surface area (Å²) in [5, 5.41) is 0. The average molecular weight is 262 g/mol. The lowest BCUT2D eigenvalue weighted by molar-refractivity contribution is -0.0683. The highest BCUT2D eigenvalue weighted by Gasteiger charge is 2.37. The molecule has 3 nitrogen and oxygen atoms in total. The molecule has 0 spiro atoms. The van der Waals surface area contributed by atoms with Crippen LogP contribution in [0.5, 0.6) is 0 Å². The van der Waals surface area contributed by atoms with Gasteiger partial charge in [-0.05, 0) is 37.8 Å². The second-order valence-corrected chi connectivity index (χ2v) is 5.58. The van der Waals surface area contributed by atoms with Gasteiger partial charge < -0.3 is 10.5 Å². The monoisotopic (exact) mass is 262 g/mol. The lowest BCUT2D eigenvalue weighted by atomic mass is 9.83. The Labute approximate surface area is 116 Å². The van der Waals surface area contributed by atoms with Gasteiger partial charge in [-0.3, -0.25) is 4.98 Å². The Kier molecular flexibility index (Phi) is 5.34. The molecule has 0 bridgehead atoms. The average Bonchev–Trinajstić information content (AvgIpc) is 2.67. The van der Waals surface area contributed by atoms with E-state index in [1.54, 1.807) is 6.20 Å². The maximum Gasteiger partial charge on any atom is 0.0835 e. The van der Waals surface area contributed by atoms with Crippen molar-refractivity contribution in [2.75, 3.05) is 6.61 Å². The SMILES string of the molecule is CCOC1(C(N)Cc2cccnc2)CCCCCC1. The highest BCUT2D eigenvalue weighted by molar-refractivity contribution is 5.12. The fraction of sp³-hybridized carbons (Fsp3) is 0.688. The van der Waals surface area contributed by atoms with E-state index < -0.39 is 0 Å². The number of hydrogen-bond donors (Lipinski definition) is 1. The van der Waals surface area contributed by atoms with Gasteiger partial charge in [0.05, 0.1) is 5.60 Å². The molecule has 1 saturated carbocycles. The second kappa shape index (κ2) is 7.01. The molecule has 0 saturated heterocycles. The van der Waals surface area contributed by atoms with E-state index in [4.69, 9.17) is 10.5 Å². The van der Waals surface area contributed by atoms with Gasteiger partial charge in [0.1, 0.15) is 0 Å². The van der Waals surface area contributed by atoms with Crippen LogP contribution in [-0.4, -0.2) is 23.2 Å². The third-order valence-electron chi connectivity index (χ3n) is 4.24. The van der Waals surface area contributed by atoms with Gasteiger partial charge in [0.2, 0.25) is 0 Å². The van der Waals surface area contributed by atoms with Crippen molar-refractivity contribution in [3.05, 3.63) is 30.1 Å². The van der Waals surface area contributed by atoms with Gasteiger partial charge in [-0.1, -0.05) is 31.7 Å². The molecule has 0 aliphatic heterocycles. The number of aromatic nitrogens is 1. The molecule has 2 rings (SSSR count). The molecular formula is C16H26N2O. The molecular weight excluding hydrogens is 236 g/mol. The second-order valence-electron chi connectivity index (χ2n) is 5.58. The predicted octanol–water partition coefficient (Wildman–Crippen LogP) is 3.08. The Morgan fingerprint density at radius 1 is 1.32 bits per heavy atom. The first-order valence-corrected chi connectivity index (χ1v) is 7.55. The number of hydrogen-bond acceptors (Lipinski definition) is 3. The summed E-state index contributed by atoms with van der Waals surface area (Å²) < 4.78 is 6.14. The van der Waals surface area contributed by atoms with Gasteiger partial charge in [0.15, 0.2) is 0 Å². The largest absolute Gasteiger partial charge is 0.374 e. The molecule has 1 heterocycles. The van der Waals surface area contributed by atoms with Crippen molar-refractivity contribution in [2.24, 2.45) is 5.73 Å². The zero-order chi connectivity index (χ0) is 13.6. The Morgan fingerprint density at radius 3 is 2.63 bits per heavy atom. The van der Waals surface area contributed by atoms with Crippen LogP contribution in [0.4, 0.5) is 0 Å². The van der Waals surface area contributed by atoms with Crippen LogP contribution in [0.15, 0.2) is 24.5 Å². The molecule has 1 aromatic heterocycles. The summed E-state index contributed by atoms with van der Waals surface area (Å²) in [4.78, 5) is 4.17. The smallest absolute Gasteiger partial charge is 0.0835 e. The van der Waals surface area contributed by atoms with E-state index in [0.717, 1.165) is 25.9 Å². The zero-order valence-electron chi connectivity index (χ0n) is 12.0. The molecule has 3 heteroatoms. The first kappa shape index (κ1) is 14.5. The highest BCUT2D eigenvalue weighted by Crippen LogP contribution is 2.33. The van der Waals surface area contributed by atoms with E-state index in [-0.39, 0.29) is 11.6 Å². The first-order chi connectivity index (χ1) is 9.27. The summed E-state index contributed by atoms with van der Waals surface area (Å²) in [6.07, 6.45) is 11.9. The molecule has 106 valence electrons. The lowest BCUT2D eigenvalue weighted by Gasteiger charge is -2.38. The highest BCUT2D eigenvalue weighted by atomic mass is 16.5. The van der Waals surface area contributed by atoms with Crippen LogP contribution >= 0.6 is 0 Å². The Bertz CT molecular complexity index is 358. The molecule has 0 aromatic carbocycles. The third kappa shape index (κ3) is 3.77. The molecule has 1 aliphatic rings. The molecule has 0 amide bonds. The maximum atomic E-state index is 6.52. The summed E-state index contributed by atoms with van der Waals surface area (Å²) in [7, 11) is 0. The van der Waals surface area contributed by atoms with E-state index >= 15 is 0 Å². The van der Waals surface area contributed by atoms with Crippen molar-refractivity contribution in [2.45, 2.75) is 63.5 Å². The molecule has 1 aromatic rings. The van der Waals surface area contributed by atoms with E-state index in [1.165, 1.54) is 31.2 Å². The molecule has 2 N–H and O–H groups in total. The number of nitrogens with two attached hydrogens (primary N) is 1. The van der Waals surface area contributed by atoms with Crippen LogP contribution in [0.2, 0.25) is 0 Å². The first-order valence-electron chi connectivity index (χ1n) is 7.55. The van der Waals surface area contributed by atoms with Crippen molar-refractivity contribution < 1.29 is 4.74 Å². The van der Waals surface area contributed by atoms with Gasteiger partial charge in [-0.2, -0.15) is 0 Å². The Hall–Kier alpha value is -0.930. The van der Waals surface area contributed by atoms with Gasteiger partial charge >= 0.3 is 0 Å². The van der Waals surface area contributed by atoms with Gasteiger partial charge in [-0.15, -0.1) is 0 Å². The predicted molar refractivity (Wildman–Crippen MR) is 78.0 cm³/mol. The summed E-state index contributed by atoms with van der Waals surface area (Å²) in [6.45, 7) is 2.82. The zero-order valence-corrected chi connectivity index (χ0v) is 12.0. The summed E-state index contributed by atoms with van der Waals surface area (Å²) in [5.74, 6) is 0. The minimum absolute atomic E-state index is 0.0646. The third-order valence-corrected chi connectivity index (χ3v) is 4.24. The van der Waals surface area contributed by atoms with Gasteiger partial charge in [0, 0.05) is 25.0 Å². The van der Waals surface area contributed by atoms with Gasteiger partial charge in [-0.25, -0.2) is 0 Å². The quantitative estimate of drug-likeness (QED) is 0.830. The van der Waals surface area contributed by atoms with Crippen LogP contribution in [0.25, 0.3) is 0 Å². The van der Waals surface area contributed by atoms with Crippen LogP contribution < -0.4 is 5.73 Å². The number of nitrogens with zero attached hydrogens (tertiary/aromatic N) is 1. The molecule has 19 heavy (non-hydrogen) atoms. The fourth-order valence-electron chi connectivity index (χ4n) is 3.20. The topological polar surface area (TPSA) is 48.1 Å². The molecule has 1 aliphatic carbocycles. The Balaban J connectivity index is 2.08. The molecule has 1 unspecified atom stereocenters. The molecule has 0 radical (unpaired) electrons. The Morgan fingerprint density at radius 2 is 2.05 bits per heavy atom. The molecule has 1 fully saturated rings. The molecule has 1 atom stereocenters. The van der Waals surface area contributed by atoms with Crippen molar-refractivity contribution >= 4 is 0 Å². The normalized spacial score (nSPS) is 20.7. The van der Waals surface area contributed by atoms with Crippen molar-refractivity contribution in [1.29, 1.82) is 0 Å². The van der Waals surface area contributed by atoms with Gasteiger partial charge in [0.25, 0.3) is 0 Å². The standard InChI is InChI=1S/C16H26N2O/c1-2-19-16(9-5-3-4-6-10-16)15(17)12-14-8-7-11-18-13-14/h7-8,11,13,15H,2-6,9-10,12,17H2,1H3. The van der Waals surface area contributed by atoms with Crippen molar-refractivity contribution in [3.8, 4) is 0 Å². The fourth-order valence-corrected chi connectivity index (χ4v) is 3.20. The van der Waals surface area contributed by atoms with E-state index in [0.29, 0.717) is 0 Å². The van der Waals surface area contributed by atoms with Crippen LogP contribution in [0, 0.1) is 0 Å². The van der Waals surface area contributed by atoms with Crippen molar-refractivity contribution in [3.63, 3.8) is 0 Å². The van der Waals surface area contributed by atoms with Crippen molar-refractivity contribution in [1.82, 2.24) is 4.98 Å². The van der Waals surface area contributed by atoms with E-state index in [2.05, 4.69) is 18.0 Å².